The van der Waals surface area contributed by atoms with Crippen LogP contribution in [0.3, 0.4) is 0 Å². The van der Waals surface area contributed by atoms with Gasteiger partial charge < -0.3 is 14.7 Å². The number of aliphatic hydroxyl groups excluding tert-OH is 1. The van der Waals surface area contributed by atoms with E-state index in [-0.39, 0.29) is 28.5 Å². The molecule has 34 heavy (non-hydrogen) atoms. The van der Waals surface area contributed by atoms with Crippen molar-refractivity contribution in [3.8, 4) is 5.75 Å². The Morgan fingerprint density at radius 3 is 2.35 bits per heavy atom. The molecule has 0 aromatic heterocycles. The molecule has 1 aliphatic rings. The zero-order chi connectivity index (χ0) is 24.4. The van der Waals surface area contributed by atoms with Crippen molar-refractivity contribution in [3.63, 3.8) is 0 Å². The minimum Gasteiger partial charge on any atom is -0.507 e. The molecular formula is C26H20Cl2FNO4. The van der Waals surface area contributed by atoms with E-state index in [1.54, 1.807) is 42.5 Å². The standard InChI is InChI=1S/C26H20Cl2FNO4/c1-34-19-10-11-21(28)20(14-19)24(31)22-23(16-4-6-17(27)7-5-16)30(26(33)25(22)32)13-12-15-2-8-18(29)9-3-15/h2-11,14,23,31H,12-13H2,1H3/b24-22+. The quantitative estimate of drug-likeness (QED) is 0.264. The fourth-order valence-electron chi connectivity index (χ4n) is 3.96. The van der Waals surface area contributed by atoms with E-state index in [1.807, 2.05) is 0 Å². The second kappa shape index (κ2) is 9.87. The zero-order valence-electron chi connectivity index (χ0n) is 18.1. The topological polar surface area (TPSA) is 66.8 Å². The third kappa shape index (κ3) is 4.65. The highest BCUT2D eigenvalue weighted by Crippen LogP contribution is 2.41. The summed E-state index contributed by atoms with van der Waals surface area (Å²) < 4.78 is 18.5. The van der Waals surface area contributed by atoms with Gasteiger partial charge in [0, 0.05) is 17.1 Å². The van der Waals surface area contributed by atoms with E-state index in [1.165, 1.54) is 36.3 Å². The molecular weight excluding hydrogens is 480 g/mol. The van der Waals surface area contributed by atoms with Gasteiger partial charge in [-0.25, -0.2) is 4.39 Å². The Balaban J connectivity index is 1.80. The minimum atomic E-state index is -0.861. The molecule has 1 N–H and O–H groups in total. The predicted molar refractivity (Wildman–Crippen MR) is 129 cm³/mol. The molecule has 1 amide bonds. The van der Waals surface area contributed by atoms with Gasteiger partial charge in [0.2, 0.25) is 0 Å². The van der Waals surface area contributed by atoms with Gasteiger partial charge in [0.05, 0.1) is 23.7 Å². The molecule has 0 radical (unpaired) electrons. The Labute approximate surface area is 206 Å². The van der Waals surface area contributed by atoms with Crippen LogP contribution in [0.1, 0.15) is 22.7 Å². The van der Waals surface area contributed by atoms with Crippen molar-refractivity contribution in [2.45, 2.75) is 12.5 Å². The number of nitrogens with zero attached hydrogens (tertiary/aromatic N) is 1. The van der Waals surface area contributed by atoms with Crippen LogP contribution in [0.25, 0.3) is 5.76 Å². The summed E-state index contributed by atoms with van der Waals surface area (Å²) in [6.07, 6.45) is 0.386. The number of rotatable bonds is 6. The second-order valence-electron chi connectivity index (χ2n) is 7.77. The van der Waals surface area contributed by atoms with Crippen molar-refractivity contribution in [3.05, 3.63) is 105 Å². The van der Waals surface area contributed by atoms with Crippen LogP contribution in [0.15, 0.2) is 72.3 Å². The number of hydrogen-bond acceptors (Lipinski definition) is 4. The molecule has 1 saturated heterocycles. The van der Waals surface area contributed by atoms with Crippen LogP contribution in [0, 0.1) is 5.82 Å². The molecule has 1 fully saturated rings. The van der Waals surface area contributed by atoms with Crippen LogP contribution in [-0.2, 0) is 16.0 Å². The normalized spacial score (nSPS) is 17.3. The molecule has 4 rings (SSSR count). The van der Waals surface area contributed by atoms with Crippen LogP contribution >= 0.6 is 23.2 Å². The van der Waals surface area contributed by atoms with Crippen LogP contribution in [0.2, 0.25) is 10.0 Å². The summed E-state index contributed by atoms with van der Waals surface area (Å²) in [5, 5.41) is 11.9. The number of carbonyl (C=O) groups is 2. The summed E-state index contributed by atoms with van der Waals surface area (Å²) in [4.78, 5) is 27.6. The lowest BCUT2D eigenvalue weighted by Gasteiger charge is -2.25. The fourth-order valence-corrected chi connectivity index (χ4v) is 4.29. The number of carbonyl (C=O) groups excluding carboxylic acids is 2. The maximum atomic E-state index is 13.3. The van der Waals surface area contributed by atoms with E-state index in [0.717, 1.165) is 5.56 Å². The van der Waals surface area contributed by atoms with Crippen molar-refractivity contribution in [2.24, 2.45) is 0 Å². The molecule has 174 valence electrons. The molecule has 3 aromatic carbocycles. The largest absolute Gasteiger partial charge is 0.507 e. The van der Waals surface area contributed by atoms with E-state index < -0.39 is 23.5 Å². The average Bonchev–Trinajstić information content (AvgIpc) is 3.09. The van der Waals surface area contributed by atoms with Gasteiger partial charge in [0.1, 0.15) is 17.3 Å². The average molecular weight is 500 g/mol. The number of amides is 1. The molecule has 8 heteroatoms. The summed E-state index contributed by atoms with van der Waals surface area (Å²) >= 11 is 12.4. The summed E-state index contributed by atoms with van der Waals surface area (Å²) in [6.45, 7) is 0.173. The maximum Gasteiger partial charge on any atom is 0.295 e. The first-order valence-corrected chi connectivity index (χ1v) is 11.2. The van der Waals surface area contributed by atoms with Crippen LogP contribution < -0.4 is 4.74 Å². The first-order chi connectivity index (χ1) is 16.3. The number of benzene rings is 3. The molecule has 5 nitrogen and oxygen atoms in total. The Morgan fingerprint density at radius 2 is 1.71 bits per heavy atom. The molecule has 1 unspecified atom stereocenters. The molecule has 0 aliphatic carbocycles. The van der Waals surface area contributed by atoms with Crippen molar-refractivity contribution < 1.29 is 23.8 Å². The molecule has 0 spiro atoms. The van der Waals surface area contributed by atoms with E-state index in [4.69, 9.17) is 27.9 Å². The Hall–Kier alpha value is -3.35. The first-order valence-electron chi connectivity index (χ1n) is 10.4. The highest BCUT2D eigenvalue weighted by Gasteiger charge is 2.46. The molecule has 1 atom stereocenters. The van der Waals surface area contributed by atoms with Crippen molar-refractivity contribution in [1.29, 1.82) is 0 Å². The number of ketones is 1. The van der Waals surface area contributed by atoms with Crippen LogP contribution in [-0.4, -0.2) is 35.4 Å². The van der Waals surface area contributed by atoms with Crippen molar-refractivity contribution >= 4 is 40.7 Å². The lowest BCUT2D eigenvalue weighted by Crippen LogP contribution is -2.31. The number of methoxy groups -OCH3 is 1. The number of aliphatic hydroxyl groups is 1. The van der Waals surface area contributed by atoms with Crippen molar-refractivity contribution in [1.82, 2.24) is 4.90 Å². The van der Waals surface area contributed by atoms with E-state index in [2.05, 4.69) is 0 Å². The Bertz CT molecular complexity index is 1270. The van der Waals surface area contributed by atoms with Gasteiger partial charge in [-0.05, 0) is 60.0 Å². The lowest BCUT2D eigenvalue weighted by atomic mass is 9.95. The zero-order valence-corrected chi connectivity index (χ0v) is 19.6. The molecule has 1 heterocycles. The van der Waals surface area contributed by atoms with Gasteiger partial charge in [-0.3, -0.25) is 9.59 Å². The first kappa shape index (κ1) is 23.8. The van der Waals surface area contributed by atoms with E-state index in [9.17, 15) is 19.1 Å². The SMILES string of the molecule is COc1ccc(Cl)c(/C(O)=C2\C(=O)C(=O)N(CCc3ccc(F)cc3)C2c2ccc(Cl)cc2)c1. The van der Waals surface area contributed by atoms with Gasteiger partial charge in [-0.15, -0.1) is 0 Å². The number of hydrogen-bond donors (Lipinski definition) is 1. The monoisotopic (exact) mass is 499 g/mol. The lowest BCUT2D eigenvalue weighted by molar-refractivity contribution is -0.139. The molecule has 0 saturated carbocycles. The highest BCUT2D eigenvalue weighted by atomic mass is 35.5. The predicted octanol–water partition coefficient (Wildman–Crippen LogP) is 5.81. The number of halogens is 3. The number of ether oxygens (including phenoxy) is 1. The van der Waals surface area contributed by atoms with E-state index >= 15 is 0 Å². The van der Waals surface area contributed by atoms with Crippen molar-refractivity contribution in [2.75, 3.05) is 13.7 Å². The second-order valence-corrected chi connectivity index (χ2v) is 8.61. The van der Waals surface area contributed by atoms with Gasteiger partial charge in [-0.2, -0.15) is 0 Å². The van der Waals surface area contributed by atoms with Gasteiger partial charge in [0.15, 0.2) is 0 Å². The highest BCUT2D eigenvalue weighted by molar-refractivity contribution is 6.47. The number of Topliss-reactive ketones (excluding diaryl/α,β-unsaturated/α-hetero) is 1. The smallest absolute Gasteiger partial charge is 0.295 e. The summed E-state index contributed by atoms with van der Waals surface area (Å²) in [7, 11) is 1.47. The Morgan fingerprint density at radius 1 is 1.03 bits per heavy atom. The van der Waals surface area contributed by atoms with Crippen LogP contribution in [0.4, 0.5) is 4.39 Å². The molecule has 3 aromatic rings. The third-order valence-electron chi connectivity index (χ3n) is 5.71. The Kier molecular flexibility index (Phi) is 6.91. The summed E-state index contributed by atoms with van der Waals surface area (Å²) in [5.41, 5.74) is 1.50. The molecule has 0 bridgehead atoms. The van der Waals surface area contributed by atoms with Gasteiger partial charge >= 0.3 is 0 Å². The van der Waals surface area contributed by atoms with Gasteiger partial charge in [-0.1, -0.05) is 47.5 Å². The van der Waals surface area contributed by atoms with Crippen LogP contribution in [0.5, 0.6) is 5.75 Å². The summed E-state index contributed by atoms with van der Waals surface area (Å²) in [5.74, 6) is -1.90. The maximum absolute atomic E-state index is 13.3. The number of likely N-dealkylation sites (tertiary alicyclic amines) is 1. The third-order valence-corrected chi connectivity index (χ3v) is 6.29. The fraction of sp³-hybridized carbons (Fsp3) is 0.154. The molecule has 1 aliphatic heterocycles. The minimum absolute atomic E-state index is 0.0819. The van der Waals surface area contributed by atoms with Gasteiger partial charge in [0.25, 0.3) is 11.7 Å². The van der Waals surface area contributed by atoms with E-state index in [0.29, 0.717) is 22.8 Å². The summed E-state index contributed by atoms with van der Waals surface area (Å²) in [6, 6.07) is 16.4.